The van der Waals surface area contributed by atoms with E-state index in [1.807, 2.05) is 19.1 Å². The molecule has 5 rings (SSSR count). The van der Waals surface area contributed by atoms with E-state index >= 15 is 4.39 Å². The molecule has 0 radical (unpaired) electrons. The smallest absolute Gasteiger partial charge is 0.354 e. The van der Waals surface area contributed by atoms with Gasteiger partial charge in [-0.2, -0.15) is 4.98 Å². The number of likely N-dealkylation sites (tertiary alicyclic amines) is 1. The van der Waals surface area contributed by atoms with Gasteiger partial charge in [-0.3, -0.25) is 20.3 Å². The van der Waals surface area contributed by atoms with Crippen molar-refractivity contribution in [3.8, 4) is 16.9 Å². The molecule has 3 atom stereocenters. The zero-order chi connectivity index (χ0) is 35.1. The fourth-order valence-electron chi connectivity index (χ4n) is 6.67. The average Bonchev–Trinajstić information content (AvgIpc) is 3.47. The molecule has 14 heteroatoms. The molecule has 0 spiro atoms. The van der Waals surface area contributed by atoms with Crippen LogP contribution in [0.1, 0.15) is 69.0 Å². The van der Waals surface area contributed by atoms with Gasteiger partial charge >= 0.3 is 5.69 Å². The summed E-state index contributed by atoms with van der Waals surface area (Å²) in [6.45, 7) is 2.84. The van der Waals surface area contributed by atoms with Gasteiger partial charge in [-0.15, -0.1) is 0 Å². The first-order valence-corrected chi connectivity index (χ1v) is 19.0. The molecule has 2 aromatic heterocycles. The quantitative estimate of drug-likeness (QED) is 0.0468. The molecule has 9 N–H and O–H groups in total. The van der Waals surface area contributed by atoms with Crippen LogP contribution in [0.4, 0.5) is 4.39 Å². The molecule has 262 valence electrons. The maximum absolute atomic E-state index is 15.2. The van der Waals surface area contributed by atoms with Gasteiger partial charge in [0.1, 0.15) is 5.65 Å². The maximum atomic E-state index is 15.2. The Bertz CT molecular complexity index is 1830. The summed E-state index contributed by atoms with van der Waals surface area (Å²) in [6.07, 6.45) is 9.22. The summed E-state index contributed by atoms with van der Waals surface area (Å²) in [5.74, 6) is 1.05. The third-order valence-electron chi connectivity index (χ3n) is 8.98. The second kappa shape index (κ2) is 17.0. The Morgan fingerprint density at radius 2 is 1.84 bits per heavy atom. The van der Waals surface area contributed by atoms with Gasteiger partial charge < -0.3 is 22.2 Å². The highest BCUT2D eigenvalue weighted by atomic mass is 35.5. The summed E-state index contributed by atoms with van der Waals surface area (Å²) in [6, 6.07) is 14.0. The molecule has 1 aliphatic heterocycles. The molecule has 1 aliphatic rings. The average molecular weight is 726 g/mol. The lowest BCUT2D eigenvalue weighted by molar-refractivity contribution is 0.0809. The topological polar surface area (TPSA) is 180 Å². The Balaban J connectivity index is 1.37. The largest absolute Gasteiger partial charge is 0.379 e. The highest BCUT2D eigenvalue weighted by Crippen LogP contribution is 2.37. The summed E-state index contributed by atoms with van der Waals surface area (Å²) in [7, 11) is 0. The predicted octanol–water partition coefficient (Wildman–Crippen LogP) is 6.77. The Kier molecular flexibility index (Phi) is 12.8. The molecule has 0 bridgehead atoms. The van der Waals surface area contributed by atoms with Gasteiger partial charge in [0.05, 0.1) is 16.4 Å². The molecule has 3 heterocycles. The number of H-pyrrole nitrogens is 1. The van der Waals surface area contributed by atoms with Crippen LogP contribution in [0, 0.1) is 16.6 Å². The standard InChI is InChI=1S/C35H45ClFN9OS2/c1-21(38)5-2-6-22-17-27(31(37)28(36)18-22)29-19-24-20-46(35(47)44-32(24)43-29)26-11-9-23(10-12-26)30-8-3-7-25(13-16-49-34(41)42)45(30)14-4-15-48-33(39)40/h9-12,17-21,25,30H,2-8,13-16,38H2,1H3,(H3,39,40)(H3,41,42)(H,43,44,47)/t21-,25-,30-/m0/s1. The van der Waals surface area contributed by atoms with Crippen LogP contribution in [0.15, 0.2) is 53.5 Å². The fourth-order valence-corrected chi connectivity index (χ4v) is 8.01. The monoisotopic (exact) mass is 725 g/mol. The number of benzene rings is 2. The molecule has 2 aromatic carbocycles. The normalized spacial score (nSPS) is 17.4. The van der Waals surface area contributed by atoms with Crippen molar-refractivity contribution >= 4 is 56.5 Å². The number of hydrogen-bond donors (Lipinski definition) is 6. The molecule has 0 aliphatic carbocycles. The number of piperidine rings is 1. The van der Waals surface area contributed by atoms with Crippen LogP contribution in [0.5, 0.6) is 0 Å². The van der Waals surface area contributed by atoms with E-state index in [2.05, 4.69) is 27.0 Å². The van der Waals surface area contributed by atoms with Crippen LogP contribution >= 0.6 is 35.1 Å². The van der Waals surface area contributed by atoms with E-state index in [-0.39, 0.29) is 27.4 Å². The summed E-state index contributed by atoms with van der Waals surface area (Å²) in [4.78, 5) is 23.2. The molecule has 1 saturated heterocycles. The first kappa shape index (κ1) is 36.9. The van der Waals surface area contributed by atoms with Gasteiger partial charge in [0.2, 0.25) is 0 Å². The lowest BCUT2D eigenvalue weighted by atomic mass is 9.89. The molecule has 0 saturated carbocycles. The number of amidine groups is 2. The number of nitrogens with two attached hydrogens (primary N) is 3. The number of aromatic nitrogens is 3. The van der Waals surface area contributed by atoms with Crippen molar-refractivity contribution in [2.45, 2.75) is 76.4 Å². The van der Waals surface area contributed by atoms with Gasteiger partial charge in [-0.25, -0.2) is 9.18 Å². The number of nitrogens with one attached hydrogen (secondary N) is 3. The number of thioether (sulfide) groups is 2. The van der Waals surface area contributed by atoms with Crippen LogP contribution in [0.2, 0.25) is 5.02 Å². The molecular weight excluding hydrogens is 681 g/mol. The number of nitrogens with zero attached hydrogens (tertiary/aromatic N) is 3. The van der Waals surface area contributed by atoms with Crippen molar-refractivity contribution in [1.82, 2.24) is 19.4 Å². The summed E-state index contributed by atoms with van der Waals surface area (Å²) < 4.78 is 16.7. The minimum absolute atomic E-state index is 0.0485. The maximum Gasteiger partial charge on any atom is 0.354 e. The van der Waals surface area contributed by atoms with E-state index in [1.54, 1.807) is 24.4 Å². The van der Waals surface area contributed by atoms with E-state index in [0.29, 0.717) is 34.0 Å². The second-order valence-electron chi connectivity index (χ2n) is 12.7. The summed E-state index contributed by atoms with van der Waals surface area (Å²) >= 11 is 9.03. The van der Waals surface area contributed by atoms with E-state index < -0.39 is 11.5 Å². The Labute approximate surface area is 299 Å². The molecular formula is C35H45ClFN9OS2. The minimum Gasteiger partial charge on any atom is -0.379 e. The first-order valence-electron chi connectivity index (χ1n) is 16.7. The van der Waals surface area contributed by atoms with E-state index in [9.17, 15) is 4.79 Å². The van der Waals surface area contributed by atoms with Crippen molar-refractivity contribution in [1.29, 1.82) is 10.8 Å². The summed E-state index contributed by atoms with van der Waals surface area (Å²) in [5.41, 5.74) is 20.6. The third-order valence-corrected chi connectivity index (χ3v) is 10.8. The number of aryl methyl sites for hydroxylation is 1. The SMILES string of the molecule is C[C@H](N)CCCc1cc(Cl)c(F)c(-c2cc3cn(-c4ccc([C@@H]5CCC[C@@H](CCSC(=N)N)N5CCCSC(=N)N)cc4)c(=O)nc3[nH]2)c1. The lowest BCUT2D eigenvalue weighted by Gasteiger charge is -2.43. The number of halogens is 2. The Hall–Kier alpha value is -3.36. The number of rotatable bonds is 14. The highest BCUT2D eigenvalue weighted by Gasteiger charge is 2.31. The minimum atomic E-state index is -0.524. The van der Waals surface area contributed by atoms with Crippen LogP contribution in [0.3, 0.4) is 0 Å². The molecule has 49 heavy (non-hydrogen) atoms. The number of fused-ring (bicyclic) bond motifs is 1. The highest BCUT2D eigenvalue weighted by molar-refractivity contribution is 8.13. The number of hydrogen-bond acceptors (Lipinski definition) is 8. The van der Waals surface area contributed by atoms with Crippen molar-refractivity contribution in [3.05, 3.63) is 81.1 Å². The molecule has 0 unspecified atom stereocenters. The second-order valence-corrected chi connectivity index (χ2v) is 15.4. The van der Waals surface area contributed by atoms with Gasteiger partial charge in [0.15, 0.2) is 16.2 Å². The molecule has 0 amide bonds. The van der Waals surface area contributed by atoms with Crippen molar-refractivity contribution in [2.75, 3.05) is 18.1 Å². The van der Waals surface area contributed by atoms with Crippen molar-refractivity contribution < 1.29 is 4.39 Å². The van der Waals surface area contributed by atoms with Crippen LogP contribution < -0.4 is 22.9 Å². The zero-order valence-electron chi connectivity index (χ0n) is 27.7. The lowest BCUT2D eigenvalue weighted by Crippen LogP contribution is -2.43. The number of aromatic amines is 1. The first-order chi connectivity index (χ1) is 23.5. The van der Waals surface area contributed by atoms with E-state index in [0.717, 1.165) is 75.0 Å². The molecule has 1 fully saturated rings. The van der Waals surface area contributed by atoms with Crippen LogP contribution in [-0.2, 0) is 6.42 Å². The molecule has 4 aromatic rings. The van der Waals surface area contributed by atoms with Crippen molar-refractivity contribution in [3.63, 3.8) is 0 Å². The van der Waals surface area contributed by atoms with Crippen molar-refractivity contribution in [2.24, 2.45) is 17.2 Å². The Morgan fingerprint density at radius 1 is 1.10 bits per heavy atom. The molecule has 10 nitrogen and oxygen atoms in total. The Morgan fingerprint density at radius 3 is 2.55 bits per heavy atom. The van der Waals surface area contributed by atoms with Gasteiger partial charge in [-0.1, -0.05) is 47.3 Å². The van der Waals surface area contributed by atoms with Gasteiger partial charge in [-0.05, 0) is 106 Å². The zero-order valence-corrected chi connectivity index (χ0v) is 30.1. The van der Waals surface area contributed by atoms with E-state index in [4.69, 9.17) is 39.6 Å². The van der Waals surface area contributed by atoms with Crippen LogP contribution in [0.25, 0.3) is 28.0 Å². The predicted molar refractivity (Wildman–Crippen MR) is 204 cm³/mol. The summed E-state index contributed by atoms with van der Waals surface area (Å²) in [5, 5.41) is 16.1. The fraction of sp³-hybridized carbons (Fsp3) is 0.429. The van der Waals surface area contributed by atoms with E-state index in [1.165, 1.54) is 33.7 Å². The van der Waals surface area contributed by atoms with Crippen LogP contribution in [-0.4, -0.2) is 59.9 Å². The van der Waals surface area contributed by atoms with Gasteiger partial charge in [0, 0.05) is 46.8 Å². The van der Waals surface area contributed by atoms with Gasteiger partial charge in [0.25, 0.3) is 0 Å². The third kappa shape index (κ3) is 9.66.